The van der Waals surface area contributed by atoms with Crippen molar-refractivity contribution in [3.63, 3.8) is 0 Å². The first-order valence-corrected chi connectivity index (χ1v) is 7.78. The van der Waals surface area contributed by atoms with Crippen molar-refractivity contribution in [1.82, 2.24) is 9.97 Å². The van der Waals surface area contributed by atoms with Crippen LogP contribution in [-0.4, -0.2) is 9.97 Å². The molecule has 0 atom stereocenters. The van der Waals surface area contributed by atoms with Crippen molar-refractivity contribution in [3.8, 4) is 22.8 Å². The molecule has 0 amide bonds. The number of aryl methyl sites for hydroxylation is 1. The van der Waals surface area contributed by atoms with E-state index in [-0.39, 0.29) is 32.7 Å². The van der Waals surface area contributed by atoms with Gasteiger partial charge in [0.2, 0.25) is 0 Å². The van der Waals surface area contributed by atoms with Crippen LogP contribution in [0.5, 0.6) is 11.5 Å². The quantitative estimate of drug-likeness (QED) is 0.444. The average molecular weight is 400 g/mol. The smallest absolute Gasteiger partial charge is 0.127 e. The molecule has 1 aromatic heterocycles. The van der Waals surface area contributed by atoms with Crippen LogP contribution in [0, 0.1) is 13.3 Å². The minimum atomic E-state index is 0. The zero-order valence-corrected chi connectivity index (χ0v) is 16.6. The zero-order chi connectivity index (χ0) is 16.4. The Balaban J connectivity index is 0.00000182. The molecule has 0 aliphatic rings. The van der Waals surface area contributed by atoms with Gasteiger partial charge in [-0.15, -0.1) is 0 Å². The minimum Gasteiger partial charge on any atom is -0.457 e. The molecule has 0 saturated carbocycles. The summed E-state index contributed by atoms with van der Waals surface area (Å²) in [5, 5.41) is 1.02. The second-order valence-corrected chi connectivity index (χ2v) is 5.59. The van der Waals surface area contributed by atoms with Crippen LogP contribution < -0.4 is 4.74 Å². The molecule has 0 fully saturated rings. The summed E-state index contributed by atoms with van der Waals surface area (Å²) in [5.74, 6) is 1.59. The monoisotopic (exact) mass is 400 g/mol. The predicted octanol–water partition coefficient (Wildman–Crippen LogP) is 5.20. The first kappa shape index (κ1) is 17.7. The largest absolute Gasteiger partial charge is 0.457 e. The molecule has 0 aliphatic carbocycles. The van der Waals surface area contributed by atoms with Crippen LogP contribution in [0.15, 0.2) is 72.8 Å². The fraction of sp³-hybridized carbons (Fsp3) is 0.0476. The Bertz CT molecular complexity index is 1000. The SMILES string of the molecule is Cc1cccc2c(-c3cccc(Oc4ccccc4)c3)n[c-]nc12.[Y]. The van der Waals surface area contributed by atoms with Gasteiger partial charge in [-0.3, -0.25) is 0 Å². The summed E-state index contributed by atoms with van der Waals surface area (Å²) < 4.78 is 5.92. The molecule has 1 radical (unpaired) electrons. The molecule has 0 N–H and O–H groups in total. The van der Waals surface area contributed by atoms with E-state index in [2.05, 4.69) is 16.3 Å². The van der Waals surface area contributed by atoms with E-state index in [9.17, 15) is 0 Å². The topological polar surface area (TPSA) is 35.0 Å². The molecule has 119 valence electrons. The molecule has 4 rings (SSSR count). The molecule has 1 heterocycles. The van der Waals surface area contributed by atoms with Crippen molar-refractivity contribution in [2.45, 2.75) is 6.92 Å². The zero-order valence-electron chi connectivity index (χ0n) is 13.8. The van der Waals surface area contributed by atoms with Gasteiger partial charge >= 0.3 is 0 Å². The van der Waals surface area contributed by atoms with Gasteiger partial charge in [0.05, 0.1) is 0 Å². The fourth-order valence-corrected chi connectivity index (χ4v) is 2.74. The molecule has 0 saturated heterocycles. The molecule has 25 heavy (non-hydrogen) atoms. The molecular weight excluding hydrogens is 385 g/mol. The summed E-state index contributed by atoms with van der Waals surface area (Å²) in [6.07, 6.45) is 2.77. The molecule has 4 heteroatoms. The van der Waals surface area contributed by atoms with Crippen molar-refractivity contribution in [3.05, 3.63) is 84.7 Å². The Morgan fingerprint density at radius 3 is 2.40 bits per heavy atom. The number of ether oxygens (including phenoxy) is 1. The third-order valence-corrected chi connectivity index (χ3v) is 3.90. The van der Waals surface area contributed by atoms with Gasteiger partial charge in [0.25, 0.3) is 0 Å². The van der Waals surface area contributed by atoms with Gasteiger partial charge in [-0.2, -0.15) is 0 Å². The molecule has 3 aromatic carbocycles. The number of nitrogens with zero attached hydrogens (tertiary/aromatic N) is 2. The maximum atomic E-state index is 5.92. The van der Waals surface area contributed by atoms with E-state index in [1.54, 1.807) is 0 Å². The van der Waals surface area contributed by atoms with Crippen LogP contribution in [0.2, 0.25) is 0 Å². The maximum Gasteiger partial charge on any atom is 0.127 e. The van der Waals surface area contributed by atoms with Gasteiger partial charge in [0.1, 0.15) is 11.5 Å². The molecule has 0 aliphatic heterocycles. The van der Waals surface area contributed by atoms with E-state index in [0.717, 1.165) is 39.2 Å². The third kappa shape index (κ3) is 3.78. The van der Waals surface area contributed by atoms with Crippen molar-refractivity contribution in [1.29, 1.82) is 0 Å². The summed E-state index contributed by atoms with van der Waals surface area (Å²) >= 11 is 0. The Morgan fingerprint density at radius 1 is 0.800 bits per heavy atom. The molecular formula is C21H15N2OY-. The number of benzene rings is 3. The van der Waals surface area contributed by atoms with Gasteiger partial charge < -0.3 is 14.7 Å². The average Bonchev–Trinajstić information content (AvgIpc) is 2.63. The van der Waals surface area contributed by atoms with Gasteiger partial charge in [-0.1, -0.05) is 65.0 Å². The summed E-state index contributed by atoms with van der Waals surface area (Å²) in [7, 11) is 0. The van der Waals surface area contributed by atoms with Crippen LogP contribution in [0.25, 0.3) is 22.2 Å². The van der Waals surface area contributed by atoms with Gasteiger partial charge in [0.15, 0.2) is 0 Å². The van der Waals surface area contributed by atoms with Crippen LogP contribution in [0.1, 0.15) is 5.56 Å². The van der Waals surface area contributed by atoms with Gasteiger partial charge in [0, 0.05) is 39.0 Å². The van der Waals surface area contributed by atoms with Crippen LogP contribution in [0.4, 0.5) is 0 Å². The number of hydrogen-bond donors (Lipinski definition) is 0. The predicted molar refractivity (Wildman–Crippen MR) is 95.1 cm³/mol. The summed E-state index contributed by atoms with van der Waals surface area (Å²) in [6.45, 7) is 2.04. The molecule has 4 aromatic rings. The molecule has 3 nitrogen and oxygen atoms in total. The minimum absolute atomic E-state index is 0. The van der Waals surface area contributed by atoms with E-state index >= 15 is 0 Å². The van der Waals surface area contributed by atoms with E-state index in [1.165, 1.54) is 0 Å². The Hall–Kier alpha value is -2.10. The van der Waals surface area contributed by atoms with E-state index in [1.807, 2.05) is 79.7 Å². The second-order valence-electron chi connectivity index (χ2n) is 5.59. The molecule has 0 unspecified atom stereocenters. The molecule has 0 spiro atoms. The second kappa shape index (κ2) is 7.86. The standard InChI is InChI=1S/C21H15N2O.Y/c1-15-7-5-12-19-20(15)22-14-23-21(19)16-8-6-11-18(13-16)24-17-9-3-2-4-10-17;/h2-13H,1H3;/q-1;. The van der Waals surface area contributed by atoms with E-state index in [4.69, 9.17) is 4.74 Å². The van der Waals surface area contributed by atoms with Gasteiger partial charge in [-0.05, 0) is 42.4 Å². The summed E-state index contributed by atoms with van der Waals surface area (Å²) in [6, 6.07) is 23.8. The van der Waals surface area contributed by atoms with E-state index in [0.29, 0.717) is 0 Å². The number of hydrogen-bond acceptors (Lipinski definition) is 3. The van der Waals surface area contributed by atoms with Crippen molar-refractivity contribution >= 4 is 10.9 Å². The summed E-state index contributed by atoms with van der Waals surface area (Å²) in [5.41, 5.74) is 3.89. The number of aromatic nitrogens is 2. The van der Waals surface area contributed by atoms with Crippen molar-refractivity contribution in [2.75, 3.05) is 0 Å². The molecule has 0 bridgehead atoms. The van der Waals surface area contributed by atoms with Crippen LogP contribution in [-0.2, 0) is 32.7 Å². The number of para-hydroxylation sites is 2. The van der Waals surface area contributed by atoms with E-state index < -0.39 is 0 Å². The van der Waals surface area contributed by atoms with Crippen LogP contribution >= 0.6 is 0 Å². The first-order valence-electron chi connectivity index (χ1n) is 7.78. The Kier molecular flexibility index (Phi) is 5.57. The fourth-order valence-electron chi connectivity index (χ4n) is 2.74. The Labute approximate surface area is 172 Å². The number of fused-ring (bicyclic) bond motifs is 1. The van der Waals surface area contributed by atoms with Crippen LogP contribution in [0.3, 0.4) is 0 Å². The Morgan fingerprint density at radius 2 is 1.56 bits per heavy atom. The number of rotatable bonds is 3. The summed E-state index contributed by atoms with van der Waals surface area (Å²) in [4.78, 5) is 8.66. The third-order valence-electron chi connectivity index (χ3n) is 3.90. The normalized spacial score (nSPS) is 10.3. The maximum absolute atomic E-state index is 5.92. The van der Waals surface area contributed by atoms with Crippen molar-refractivity contribution < 1.29 is 37.4 Å². The van der Waals surface area contributed by atoms with Crippen molar-refractivity contribution in [2.24, 2.45) is 0 Å². The first-order chi connectivity index (χ1) is 11.8. The van der Waals surface area contributed by atoms with Gasteiger partial charge in [-0.25, -0.2) is 0 Å².